The highest BCUT2D eigenvalue weighted by Crippen LogP contribution is 2.28. The predicted octanol–water partition coefficient (Wildman–Crippen LogP) is 2.84. The molecule has 2 aromatic rings. The van der Waals surface area contributed by atoms with E-state index >= 15 is 0 Å². The van der Waals surface area contributed by atoms with Gasteiger partial charge >= 0.3 is 12.0 Å². The summed E-state index contributed by atoms with van der Waals surface area (Å²) >= 11 is 0. The highest BCUT2D eigenvalue weighted by atomic mass is 16.5. The summed E-state index contributed by atoms with van der Waals surface area (Å²) in [6, 6.07) is 14.4. The molecule has 7 nitrogen and oxygen atoms in total. The first-order valence-electron chi connectivity index (χ1n) is 8.74. The topological polar surface area (TPSA) is 71.1 Å². The van der Waals surface area contributed by atoms with Crippen molar-refractivity contribution in [3.05, 3.63) is 54.1 Å². The molecule has 1 saturated heterocycles. The molecule has 7 heteroatoms. The van der Waals surface area contributed by atoms with Gasteiger partial charge in [0, 0.05) is 31.9 Å². The van der Waals surface area contributed by atoms with Crippen LogP contribution in [0.5, 0.6) is 5.75 Å². The van der Waals surface area contributed by atoms with E-state index in [9.17, 15) is 9.59 Å². The van der Waals surface area contributed by atoms with Crippen molar-refractivity contribution < 1.29 is 19.1 Å². The third kappa shape index (κ3) is 4.31. The number of piperazine rings is 1. The van der Waals surface area contributed by atoms with Crippen molar-refractivity contribution in [1.29, 1.82) is 0 Å². The zero-order valence-corrected chi connectivity index (χ0v) is 15.5. The van der Waals surface area contributed by atoms with Crippen molar-refractivity contribution in [1.82, 2.24) is 4.90 Å². The van der Waals surface area contributed by atoms with Crippen LogP contribution in [-0.2, 0) is 4.74 Å². The standard InChI is InChI=1S/C20H23N3O4/c1-26-18-6-4-3-5-17(18)22-11-13-23(14-12-22)20(25)21-16-9-7-15(8-10-16)19(24)27-2/h3-10H,11-14H2,1-2H3,(H,21,25). The number of nitrogens with zero attached hydrogens (tertiary/aromatic N) is 2. The molecule has 0 aliphatic carbocycles. The van der Waals surface area contributed by atoms with Crippen molar-refractivity contribution in [2.24, 2.45) is 0 Å². The van der Waals surface area contributed by atoms with Crippen LogP contribution in [-0.4, -0.2) is 57.3 Å². The number of amides is 2. The van der Waals surface area contributed by atoms with Gasteiger partial charge in [0.2, 0.25) is 0 Å². The minimum atomic E-state index is -0.402. The van der Waals surface area contributed by atoms with Crippen LogP contribution < -0.4 is 15.0 Å². The Morgan fingerprint density at radius 3 is 2.22 bits per heavy atom. The predicted molar refractivity (Wildman–Crippen MR) is 104 cm³/mol. The van der Waals surface area contributed by atoms with E-state index < -0.39 is 5.97 Å². The molecule has 0 aromatic heterocycles. The molecule has 0 saturated carbocycles. The monoisotopic (exact) mass is 369 g/mol. The molecule has 0 unspecified atom stereocenters. The van der Waals surface area contributed by atoms with Gasteiger partial charge in [0.15, 0.2) is 0 Å². The van der Waals surface area contributed by atoms with Crippen molar-refractivity contribution in [2.45, 2.75) is 0 Å². The van der Waals surface area contributed by atoms with E-state index in [4.69, 9.17) is 4.74 Å². The summed E-state index contributed by atoms with van der Waals surface area (Å²) in [6.07, 6.45) is 0. The molecule has 2 amide bonds. The number of para-hydroxylation sites is 2. The van der Waals surface area contributed by atoms with Gasteiger partial charge in [-0.2, -0.15) is 0 Å². The van der Waals surface area contributed by atoms with E-state index in [1.807, 2.05) is 24.3 Å². The lowest BCUT2D eigenvalue weighted by molar-refractivity contribution is 0.0600. The van der Waals surface area contributed by atoms with E-state index in [0.717, 1.165) is 24.5 Å². The molecular formula is C20H23N3O4. The van der Waals surface area contributed by atoms with Crippen LogP contribution in [0.4, 0.5) is 16.2 Å². The molecule has 1 aliphatic rings. The first-order valence-corrected chi connectivity index (χ1v) is 8.74. The van der Waals surface area contributed by atoms with Crippen molar-refractivity contribution in [3.8, 4) is 5.75 Å². The Balaban J connectivity index is 1.56. The van der Waals surface area contributed by atoms with Gasteiger partial charge in [0.05, 0.1) is 25.5 Å². The van der Waals surface area contributed by atoms with Gasteiger partial charge in [-0.05, 0) is 36.4 Å². The molecule has 142 valence electrons. The number of hydrogen-bond donors (Lipinski definition) is 1. The summed E-state index contributed by atoms with van der Waals surface area (Å²) in [7, 11) is 3.00. The van der Waals surface area contributed by atoms with Crippen LogP contribution in [0.2, 0.25) is 0 Å². The molecule has 1 aliphatic heterocycles. The number of methoxy groups -OCH3 is 2. The minimum absolute atomic E-state index is 0.152. The quantitative estimate of drug-likeness (QED) is 0.839. The fourth-order valence-electron chi connectivity index (χ4n) is 3.05. The summed E-state index contributed by atoms with van der Waals surface area (Å²) in [5.41, 5.74) is 2.12. The van der Waals surface area contributed by atoms with Gasteiger partial charge in [-0.3, -0.25) is 0 Å². The summed E-state index contributed by atoms with van der Waals surface area (Å²) in [6.45, 7) is 2.69. The lowest BCUT2D eigenvalue weighted by Gasteiger charge is -2.36. The molecular weight excluding hydrogens is 346 g/mol. The molecule has 1 fully saturated rings. The van der Waals surface area contributed by atoms with Gasteiger partial charge in [-0.15, -0.1) is 0 Å². The summed E-state index contributed by atoms with van der Waals surface area (Å²) in [4.78, 5) is 27.9. The van der Waals surface area contributed by atoms with Crippen LogP contribution >= 0.6 is 0 Å². The van der Waals surface area contributed by atoms with Crippen LogP contribution in [0.1, 0.15) is 10.4 Å². The average Bonchev–Trinajstić information content (AvgIpc) is 2.73. The van der Waals surface area contributed by atoms with Gasteiger partial charge in [-0.25, -0.2) is 9.59 Å². The highest BCUT2D eigenvalue weighted by molar-refractivity contribution is 5.92. The smallest absolute Gasteiger partial charge is 0.337 e. The van der Waals surface area contributed by atoms with E-state index in [1.165, 1.54) is 7.11 Å². The van der Waals surface area contributed by atoms with Crippen LogP contribution in [0, 0.1) is 0 Å². The van der Waals surface area contributed by atoms with E-state index in [-0.39, 0.29) is 6.03 Å². The number of hydrogen-bond acceptors (Lipinski definition) is 5. The van der Waals surface area contributed by atoms with Gasteiger partial charge < -0.3 is 24.6 Å². The lowest BCUT2D eigenvalue weighted by atomic mass is 10.2. The van der Waals surface area contributed by atoms with Crippen molar-refractivity contribution >= 4 is 23.4 Å². The number of anilines is 2. The van der Waals surface area contributed by atoms with E-state index in [2.05, 4.69) is 15.0 Å². The van der Waals surface area contributed by atoms with Crippen molar-refractivity contribution in [2.75, 3.05) is 50.6 Å². The van der Waals surface area contributed by atoms with Crippen LogP contribution in [0.15, 0.2) is 48.5 Å². The summed E-state index contributed by atoms with van der Waals surface area (Å²) < 4.78 is 10.1. The number of esters is 1. The molecule has 1 heterocycles. The number of nitrogens with one attached hydrogen (secondary N) is 1. The van der Waals surface area contributed by atoms with E-state index in [1.54, 1.807) is 36.3 Å². The molecule has 0 spiro atoms. The lowest BCUT2D eigenvalue weighted by Crippen LogP contribution is -2.50. The second-order valence-electron chi connectivity index (χ2n) is 6.15. The minimum Gasteiger partial charge on any atom is -0.495 e. The second-order valence-corrected chi connectivity index (χ2v) is 6.15. The molecule has 0 bridgehead atoms. The van der Waals surface area contributed by atoms with Crippen LogP contribution in [0.3, 0.4) is 0 Å². The Hall–Kier alpha value is -3.22. The number of carbonyl (C=O) groups excluding carboxylic acids is 2. The Morgan fingerprint density at radius 2 is 1.59 bits per heavy atom. The van der Waals surface area contributed by atoms with Gasteiger partial charge in [0.25, 0.3) is 0 Å². The van der Waals surface area contributed by atoms with Gasteiger partial charge in [0.1, 0.15) is 5.75 Å². The molecule has 0 atom stereocenters. The Kier molecular flexibility index (Phi) is 5.80. The second kappa shape index (κ2) is 8.44. The Labute approximate surface area is 158 Å². The molecule has 27 heavy (non-hydrogen) atoms. The SMILES string of the molecule is COC(=O)c1ccc(NC(=O)N2CCN(c3ccccc3OC)CC2)cc1. The molecule has 0 radical (unpaired) electrons. The zero-order chi connectivity index (χ0) is 19.2. The highest BCUT2D eigenvalue weighted by Gasteiger charge is 2.23. The number of carbonyl (C=O) groups is 2. The maximum absolute atomic E-state index is 12.5. The largest absolute Gasteiger partial charge is 0.495 e. The van der Waals surface area contributed by atoms with Gasteiger partial charge in [-0.1, -0.05) is 12.1 Å². The maximum Gasteiger partial charge on any atom is 0.337 e. The first kappa shape index (κ1) is 18.6. The zero-order valence-electron chi connectivity index (χ0n) is 15.5. The number of urea groups is 1. The number of ether oxygens (including phenoxy) is 2. The summed E-state index contributed by atoms with van der Waals surface area (Å²) in [5, 5.41) is 2.86. The average molecular weight is 369 g/mol. The maximum atomic E-state index is 12.5. The fourth-order valence-corrected chi connectivity index (χ4v) is 3.05. The number of benzene rings is 2. The normalized spacial score (nSPS) is 13.9. The first-order chi connectivity index (χ1) is 13.1. The third-order valence-electron chi connectivity index (χ3n) is 4.55. The molecule has 3 rings (SSSR count). The fraction of sp³-hybridized carbons (Fsp3) is 0.300. The summed E-state index contributed by atoms with van der Waals surface area (Å²) in [5.74, 6) is 0.432. The Morgan fingerprint density at radius 1 is 0.926 bits per heavy atom. The molecule has 1 N–H and O–H groups in total. The third-order valence-corrected chi connectivity index (χ3v) is 4.55. The number of rotatable bonds is 4. The Bertz CT molecular complexity index is 799. The van der Waals surface area contributed by atoms with Crippen molar-refractivity contribution in [3.63, 3.8) is 0 Å². The van der Waals surface area contributed by atoms with Crippen LogP contribution in [0.25, 0.3) is 0 Å². The van der Waals surface area contributed by atoms with E-state index in [0.29, 0.717) is 24.3 Å². The molecule has 2 aromatic carbocycles.